The van der Waals surface area contributed by atoms with Crippen molar-refractivity contribution < 1.29 is 10.0 Å². The van der Waals surface area contributed by atoms with E-state index in [0.29, 0.717) is 23.1 Å². The quantitative estimate of drug-likeness (QED) is 0.252. The van der Waals surface area contributed by atoms with E-state index >= 15 is 0 Å². The van der Waals surface area contributed by atoms with Gasteiger partial charge in [0.1, 0.15) is 6.20 Å². The predicted molar refractivity (Wildman–Crippen MR) is 60.7 cm³/mol. The Morgan fingerprint density at radius 1 is 1.69 bits per heavy atom. The molecule has 1 rings (SSSR count). The van der Waals surface area contributed by atoms with Gasteiger partial charge in [0.25, 0.3) is 0 Å². The van der Waals surface area contributed by atoms with E-state index in [9.17, 15) is 10.1 Å². The lowest BCUT2D eigenvalue weighted by Gasteiger charge is -2.03. The molecule has 8 heteroatoms. The topological polar surface area (TPSA) is 101 Å². The Balaban J connectivity index is 2.87. The van der Waals surface area contributed by atoms with Crippen LogP contribution in [0.1, 0.15) is 6.42 Å². The summed E-state index contributed by atoms with van der Waals surface area (Å²) in [6.45, 7) is 0.0603. The Hall–Kier alpha value is -1.41. The van der Waals surface area contributed by atoms with Crippen LogP contribution in [0.25, 0.3) is 0 Å². The summed E-state index contributed by atoms with van der Waals surface area (Å²) in [5.74, 6) is 0.925. The molecule has 0 radical (unpaired) electrons. The van der Waals surface area contributed by atoms with Crippen molar-refractivity contribution in [3.63, 3.8) is 0 Å². The van der Waals surface area contributed by atoms with E-state index in [2.05, 4.69) is 15.3 Å². The van der Waals surface area contributed by atoms with Crippen LogP contribution in [0.3, 0.4) is 0 Å². The van der Waals surface area contributed by atoms with Crippen LogP contribution >= 0.6 is 11.8 Å². The molecule has 0 aromatic carbocycles. The first kappa shape index (κ1) is 12.7. The second kappa shape index (κ2) is 6.23. The van der Waals surface area contributed by atoms with Crippen molar-refractivity contribution in [1.29, 1.82) is 0 Å². The maximum Gasteiger partial charge on any atom is 0.319 e. The molecule has 0 spiro atoms. The van der Waals surface area contributed by atoms with E-state index in [1.165, 1.54) is 18.0 Å². The van der Waals surface area contributed by atoms with Gasteiger partial charge in [-0.1, -0.05) is 11.8 Å². The Morgan fingerprint density at radius 3 is 3.00 bits per heavy atom. The fraction of sp³-hybridized carbons (Fsp3) is 0.500. The summed E-state index contributed by atoms with van der Waals surface area (Å²) in [6.07, 6.45) is 1.75. The van der Waals surface area contributed by atoms with Crippen molar-refractivity contribution in [3.8, 4) is 0 Å². The number of rotatable bonds is 6. The molecule has 0 aliphatic carbocycles. The molecule has 1 aromatic rings. The maximum atomic E-state index is 10.7. The summed E-state index contributed by atoms with van der Waals surface area (Å²) in [5, 5.41) is 22.4. The van der Waals surface area contributed by atoms with Gasteiger partial charge in [-0.15, -0.1) is 0 Å². The molecule has 1 aromatic heterocycles. The van der Waals surface area contributed by atoms with Crippen molar-refractivity contribution in [1.82, 2.24) is 9.97 Å². The molecule has 0 amide bonds. The third-order valence-electron chi connectivity index (χ3n) is 1.70. The van der Waals surface area contributed by atoms with E-state index in [4.69, 9.17) is 5.11 Å². The van der Waals surface area contributed by atoms with Crippen LogP contribution in [0.5, 0.6) is 0 Å². The summed E-state index contributed by atoms with van der Waals surface area (Å²) >= 11 is 1.24. The Kier molecular flexibility index (Phi) is 4.93. The zero-order valence-electron chi connectivity index (χ0n) is 8.71. The van der Waals surface area contributed by atoms with Gasteiger partial charge >= 0.3 is 5.69 Å². The largest absolute Gasteiger partial charge is 0.396 e. The number of aliphatic hydroxyl groups is 1. The number of nitrogens with zero attached hydrogens (tertiary/aromatic N) is 3. The SMILES string of the molecule is CNc1ncc([N+](=O)[O-])c(SCCCO)n1. The molecular formula is C8H12N4O3S. The Bertz CT molecular complexity index is 374. The van der Waals surface area contributed by atoms with Gasteiger partial charge in [-0.2, -0.15) is 4.98 Å². The number of hydrogen-bond donors (Lipinski definition) is 2. The summed E-state index contributed by atoms with van der Waals surface area (Å²) in [6, 6.07) is 0. The number of nitro groups is 1. The van der Waals surface area contributed by atoms with Gasteiger partial charge in [-0.05, 0) is 6.42 Å². The second-order valence-electron chi connectivity index (χ2n) is 2.82. The van der Waals surface area contributed by atoms with Crippen LogP contribution in [0, 0.1) is 10.1 Å². The Labute approximate surface area is 96.5 Å². The minimum Gasteiger partial charge on any atom is -0.396 e. The van der Waals surface area contributed by atoms with Gasteiger partial charge in [0.15, 0.2) is 5.03 Å². The van der Waals surface area contributed by atoms with Gasteiger partial charge in [-0.25, -0.2) is 4.98 Å². The van der Waals surface area contributed by atoms with E-state index in [1.54, 1.807) is 7.05 Å². The molecule has 88 valence electrons. The highest BCUT2D eigenvalue weighted by molar-refractivity contribution is 7.99. The van der Waals surface area contributed by atoms with Crippen molar-refractivity contribution in [2.45, 2.75) is 11.4 Å². The van der Waals surface area contributed by atoms with Gasteiger partial charge in [0, 0.05) is 19.4 Å². The van der Waals surface area contributed by atoms with Crippen LogP contribution in [0.15, 0.2) is 11.2 Å². The summed E-state index contributed by atoms with van der Waals surface area (Å²) < 4.78 is 0. The number of aliphatic hydroxyl groups excluding tert-OH is 1. The first-order valence-corrected chi connectivity index (χ1v) is 5.60. The number of thioether (sulfide) groups is 1. The summed E-state index contributed by atoms with van der Waals surface area (Å²) in [4.78, 5) is 18.0. The molecule has 0 aliphatic rings. The number of hydrogen-bond acceptors (Lipinski definition) is 7. The third kappa shape index (κ3) is 3.31. The van der Waals surface area contributed by atoms with Crippen molar-refractivity contribution in [2.75, 3.05) is 24.7 Å². The van der Waals surface area contributed by atoms with Crippen LogP contribution in [-0.2, 0) is 0 Å². The van der Waals surface area contributed by atoms with Gasteiger partial charge < -0.3 is 10.4 Å². The normalized spacial score (nSPS) is 10.1. The molecule has 0 aliphatic heterocycles. The minimum absolute atomic E-state index is 0.0603. The molecule has 7 nitrogen and oxygen atoms in total. The molecule has 0 atom stereocenters. The number of aromatic nitrogens is 2. The molecular weight excluding hydrogens is 232 g/mol. The second-order valence-corrected chi connectivity index (χ2v) is 3.90. The van der Waals surface area contributed by atoms with Crippen molar-refractivity contribution in [2.24, 2.45) is 0 Å². The van der Waals surface area contributed by atoms with E-state index in [0.717, 1.165) is 0 Å². The maximum absolute atomic E-state index is 10.7. The van der Waals surface area contributed by atoms with Crippen LogP contribution in [0.2, 0.25) is 0 Å². The minimum atomic E-state index is -0.513. The lowest BCUT2D eigenvalue weighted by Crippen LogP contribution is -2.01. The first-order valence-electron chi connectivity index (χ1n) is 4.62. The highest BCUT2D eigenvalue weighted by Gasteiger charge is 2.17. The average Bonchev–Trinajstić information content (AvgIpc) is 2.29. The highest BCUT2D eigenvalue weighted by atomic mass is 32.2. The molecule has 1 heterocycles. The molecule has 0 saturated carbocycles. The predicted octanol–water partition coefficient (Wildman–Crippen LogP) is 0.901. The van der Waals surface area contributed by atoms with Gasteiger partial charge in [-0.3, -0.25) is 10.1 Å². The van der Waals surface area contributed by atoms with E-state index in [-0.39, 0.29) is 12.3 Å². The molecule has 0 fully saturated rings. The van der Waals surface area contributed by atoms with E-state index in [1.807, 2.05) is 0 Å². The lowest BCUT2D eigenvalue weighted by molar-refractivity contribution is -0.388. The summed E-state index contributed by atoms with van der Waals surface area (Å²) in [5.41, 5.74) is -0.109. The van der Waals surface area contributed by atoms with Crippen LogP contribution in [-0.4, -0.2) is 39.4 Å². The van der Waals surface area contributed by atoms with Crippen molar-refractivity contribution in [3.05, 3.63) is 16.3 Å². The fourth-order valence-corrected chi connectivity index (χ4v) is 1.84. The zero-order valence-corrected chi connectivity index (χ0v) is 9.53. The molecule has 0 saturated heterocycles. The monoisotopic (exact) mass is 244 g/mol. The molecule has 2 N–H and O–H groups in total. The van der Waals surface area contributed by atoms with Gasteiger partial charge in [0.05, 0.1) is 4.92 Å². The Morgan fingerprint density at radius 2 is 2.44 bits per heavy atom. The fourth-order valence-electron chi connectivity index (χ4n) is 0.945. The van der Waals surface area contributed by atoms with E-state index < -0.39 is 4.92 Å². The number of anilines is 1. The zero-order chi connectivity index (χ0) is 12.0. The van der Waals surface area contributed by atoms with Crippen LogP contribution in [0.4, 0.5) is 11.6 Å². The number of nitrogens with one attached hydrogen (secondary N) is 1. The van der Waals surface area contributed by atoms with Crippen LogP contribution < -0.4 is 5.32 Å². The highest BCUT2D eigenvalue weighted by Crippen LogP contribution is 2.27. The molecule has 16 heavy (non-hydrogen) atoms. The van der Waals surface area contributed by atoms with Crippen molar-refractivity contribution >= 4 is 23.4 Å². The lowest BCUT2D eigenvalue weighted by atomic mass is 10.5. The third-order valence-corrected chi connectivity index (χ3v) is 2.76. The molecule has 0 unspecified atom stereocenters. The van der Waals surface area contributed by atoms with Gasteiger partial charge in [0.2, 0.25) is 5.95 Å². The summed E-state index contributed by atoms with van der Waals surface area (Å²) in [7, 11) is 1.64. The molecule has 0 bridgehead atoms. The first-order chi connectivity index (χ1) is 7.69. The smallest absolute Gasteiger partial charge is 0.319 e. The standard InChI is InChI=1S/C8H12N4O3S/c1-9-8-10-5-6(12(14)15)7(11-8)16-4-2-3-13/h5,13H,2-4H2,1H3,(H,9,10,11). The average molecular weight is 244 g/mol.